The molecule has 1 aromatic heterocycles. The third-order valence-electron chi connectivity index (χ3n) is 3.03. The molecule has 23 heavy (non-hydrogen) atoms. The molecule has 0 radical (unpaired) electrons. The Morgan fingerprint density at radius 3 is 2.96 bits per heavy atom. The first kappa shape index (κ1) is 16.8. The van der Waals surface area contributed by atoms with Crippen molar-refractivity contribution in [2.24, 2.45) is 0 Å². The van der Waals surface area contributed by atoms with Crippen LogP contribution in [0, 0.1) is 0 Å². The first-order chi connectivity index (χ1) is 11.1. The van der Waals surface area contributed by atoms with Gasteiger partial charge in [0.05, 0.1) is 12.8 Å². The molecule has 0 bridgehead atoms. The van der Waals surface area contributed by atoms with E-state index in [-0.39, 0.29) is 11.6 Å². The van der Waals surface area contributed by atoms with Crippen molar-refractivity contribution in [1.82, 2.24) is 15.1 Å². The van der Waals surface area contributed by atoms with Crippen molar-refractivity contribution in [1.29, 1.82) is 0 Å². The van der Waals surface area contributed by atoms with Gasteiger partial charge in [0.1, 0.15) is 5.75 Å². The lowest BCUT2D eigenvalue weighted by atomic mass is 10.3. The van der Waals surface area contributed by atoms with Gasteiger partial charge in [-0.3, -0.25) is 4.79 Å². The summed E-state index contributed by atoms with van der Waals surface area (Å²) in [5.41, 5.74) is 0.319. The molecule has 1 aromatic carbocycles. The van der Waals surface area contributed by atoms with E-state index in [1.54, 1.807) is 30.5 Å². The first-order valence-electron chi connectivity index (χ1n) is 7.00. The van der Waals surface area contributed by atoms with Gasteiger partial charge in [0.25, 0.3) is 5.56 Å². The number of urea groups is 1. The van der Waals surface area contributed by atoms with Gasteiger partial charge in [0.15, 0.2) is 0 Å². The van der Waals surface area contributed by atoms with Crippen LogP contribution in [0.4, 0.5) is 10.5 Å². The Kier molecular flexibility index (Phi) is 5.99. The number of carbonyl (C=O) groups is 1. The summed E-state index contributed by atoms with van der Waals surface area (Å²) in [4.78, 5) is 23.3. The number of methoxy groups -OCH3 is 1. The number of carbonyl (C=O) groups excluding carboxylic acids is 1. The number of nitrogens with one attached hydrogen (secondary N) is 2. The normalized spacial score (nSPS) is 10.2. The monoisotopic (exact) mass is 336 g/mol. The number of benzene rings is 1. The maximum absolute atomic E-state index is 11.9. The van der Waals surface area contributed by atoms with Crippen LogP contribution in [0.2, 0.25) is 5.02 Å². The predicted molar refractivity (Wildman–Crippen MR) is 88.1 cm³/mol. The number of hydrogen-bond acceptors (Lipinski definition) is 4. The molecule has 1 heterocycles. The van der Waals surface area contributed by atoms with Gasteiger partial charge in [-0.1, -0.05) is 11.6 Å². The minimum atomic E-state index is -0.376. The molecule has 122 valence electrons. The third kappa shape index (κ3) is 5.00. The van der Waals surface area contributed by atoms with Gasteiger partial charge in [0.2, 0.25) is 0 Å². The molecule has 2 aromatic rings. The highest BCUT2D eigenvalue weighted by molar-refractivity contribution is 6.31. The number of amides is 2. The molecular weight excluding hydrogens is 320 g/mol. The van der Waals surface area contributed by atoms with Gasteiger partial charge in [-0.2, -0.15) is 5.10 Å². The Morgan fingerprint density at radius 2 is 2.22 bits per heavy atom. The van der Waals surface area contributed by atoms with Crippen molar-refractivity contribution < 1.29 is 9.53 Å². The molecule has 0 aliphatic rings. The van der Waals surface area contributed by atoms with E-state index in [9.17, 15) is 9.59 Å². The second-order valence-electron chi connectivity index (χ2n) is 4.66. The molecule has 8 heteroatoms. The molecule has 0 saturated heterocycles. The Hall–Kier alpha value is -2.54. The summed E-state index contributed by atoms with van der Waals surface area (Å²) < 4.78 is 6.50. The van der Waals surface area contributed by atoms with Crippen LogP contribution in [0.25, 0.3) is 0 Å². The van der Waals surface area contributed by atoms with Crippen molar-refractivity contribution in [2.75, 3.05) is 19.0 Å². The van der Waals surface area contributed by atoms with Gasteiger partial charge >= 0.3 is 6.03 Å². The summed E-state index contributed by atoms with van der Waals surface area (Å²) in [6.45, 7) is 0.832. The third-order valence-corrected chi connectivity index (χ3v) is 3.26. The van der Waals surface area contributed by atoms with E-state index in [1.807, 2.05) is 0 Å². The van der Waals surface area contributed by atoms with Crippen LogP contribution in [-0.2, 0) is 6.54 Å². The molecule has 0 aliphatic heterocycles. The van der Waals surface area contributed by atoms with E-state index in [0.29, 0.717) is 36.0 Å². The molecule has 2 N–H and O–H groups in total. The summed E-state index contributed by atoms with van der Waals surface area (Å²) in [5, 5.41) is 9.80. The zero-order chi connectivity index (χ0) is 16.7. The largest absolute Gasteiger partial charge is 0.495 e. The molecule has 0 fully saturated rings. The van der Waals surface area contributed by atoms with Gasteiger partial charge in [-0.15, -0.1) is 0 Å². The summed E-state index contributed by atoms with van der Waals surface area (Å²) in [7, 11) is 1.51. The van der Waals surface area contributed by atoms with Crippen LogP contribution in [-0.4, -0.2) is 29.5 Å². The lowest BCUT2D eigenvalue weighted by Gasteiger charge is -2.11. The molecule has 0 aliphatic carbocycles. The van der Waals surface area contributed by atoms with Gasteiger partial charge < -0.3 is 15.4 Å². The summed E-state index contributed by atoms with van der Waals surface area (Å²) >= 11 is 5.90. The quantitative estimate of drug-likeness (QED) is 0.791. The minimum absolute atomic E-state index is 0.166. The molecule has 0 saturated carbocycles. The number of aryl methyl sites for hydroxylation is 1. The Labute approximate surface area is 138 Å². The van der Waals surface area contributed by atoms with Gasteiger partial charge in [0, 0.05) is 30.4 Å². The summed E-state index contributed by atoms with van der Waals surface area (Å²) in [6.07, 6.45) is 2.13. The molecule has 2 rings (SSSR count). The molecule has 0 spiro atoms. The average molecular weight is 337 g/mol. The number of rotatable bonds is 6. The van der Waals surface area contributed by atoms with Crippen LogP contribution in [0.3, 0.4) is 0 Å². The number of hydrogen-bond donors (Lipinski definition) is 2. The second-order valence-corrected chi connectivity index (χ2v) is 5.10. The standard InChI is InChI=1S/C15H17ClN4O3/c1-23-13-6-5-11(16)10-12(13)19-15(22)17-7-3-9-20-14(21)4-2-8-18-20/h2,4-6,8,10H,3,7,9H2,1H3,(H2,17,19,22). The van der Waals surface area contributed by atoms with Crippen molar-refractivity contribution in [3.05, 3.63) is 51.9 Å². The fourth-order valence-electron chi connectivity index (χ4n) is 1.93. The zero-order valence-electron chi connectivity index (χ0n) is 12.6. The second kappa shape index (κ2) is 8.19. The predicted octanol–water partition coefficient (Wildman–Crippen LogP) is 2.12. The van der Waals surface area contributed by atoms with Crippen molar-refractivity contribution in [3.63, 3.8) is 0 Å². The van der Waals surface area contributed by atoms with Crippen LogP contribution in [0.15, 0.2) is 41.3 Å². The smallest absolute Gasteiger partial charge is 0.319 e. The highest BCUT2D eigenvalue weighted by Gasteiger charge is 2.07. The Bertz CT molecular complexity index is 733. The number of halogens is 1. The first-order valence-corrected chi connectivity index (χ1v) is 7.38. The van der Waals surface area contributed by atoms with E-state index in [2.05, 4.69) is 15.7 Å². The molecule has 0 unspecified atom stereocenters. The summed E-state index contributed by atoms with van der Waals surface area (Å²) in [6, 6.07) is 7.60. The topological polar surface area (TPSA) is 85.2 Å². The average Bonchev–Trinajstić information content (AvgIpc) is 2.53. The van der Waals surface area contributed by atoms with E-state index in [4.69, 9.17) is 16.3 Å². The van der Waals surface area contributed by atoms with Crippen LogP contribution in [0.1, 0.15) is 6.42 Å². The van der Waals surface area contributed by atoms with Gasteiger partial charge in [-0.05, 0) is 30.7 Å². The zero-order valence-corrected chi connectivity index (χ0v) is 13.3. The fourth-order valence-corrected chi connectivity index (χ4v) is 2.10. The Morgan fingerprint density at radius 1 is 1.39 bits per heavy atom. The molecular formula is C15H17ClN4O3. The van der Waals surface area contributed by atoms with Crippen LogP contribution < -0.4 is 20.9 Å². The maximum Gasteiger partial charge on any atom is 0.319 e. The van der Waals surface area contributed by atoms with E-state index in [1.165, 1.54) is 17.9 Å². The molecule has 2 amide bonds. The SMILES string of the molecule is COc1ccc(Cl)cc1NC(=O)NCCCn1ncccc1=O. The van der Waals surface area contributed by atoms with E-state index < -0.39 is 0 Å². The lowest BCUT2D eigenvalue weighted by Crippen LogP contribution is -2.31. The van der Waals surface area contributed by atoms with E-state index >= 15 is 0 Å². The fraction of sp³-hybridized carbons (Fsp3) is 0.267. The Balaban J connectivity index is 1.81. The van der Waals surface area contributed by atoms with Crippen LogP contribution >= 0.6 is 11.6 Å². The molecule has 0 atom stereocenters. The van der Waals surface area contributed by atoms with Crippen molar-refractivity contribution >= 4 is 23.3 Å². The highest BCUT2D eigenvalue weighted by atomic mass is 35.5. The van der Waals surface area contributed by atoms with Crippen molar-refractivity contribution in [2.45, 2.75) is 13.0 Å². The lowest BCUT2D eigenvalue weighted by molar-refractivity contribution is 0.251. The van der Waals surface area contributed by atoms with Crippen molar-refractivity contribution in [3.8, 4) is 5.75 Å². The van der Waals surface area contributed by atoms with Gasteiger partial charge in [-0.25, -0.2) is 9.48 Å². The highest BCUT2D eigenvalue weighted by Crippen LogP contribution is 2.27. The van der Waals surface area contributed by atoms with Crippen LogP contribution in [0.5, 0.6) is 5.75 Å². The number of ether oxygens (including phenoxy) is 1. The minimum Gasteiger partial charge on any atom is -0.495 e. The van der Waals surface area contributed by atoms with E-state index in [0.717, 1.165) is 0 Å². The number of aromatic nitrogens is 2. The maximum atomic E-state index is 11.9. The summed E-state index contributed by atoms with van der Waals surface area (Å²) in [5.74, 6) is 0.518. The number of nitrogens with zero attached hydrogens (tertiary/aromatic N) is 2. The number of anilines is 1. The molecule has 7 nitrogen and oxygen atoms in total.